The maximum absolute atomic E-state index is 14.6. The molecule has 1 saturated heterocycles. The Hall–Kier alpha value is -2.41. The van der Waals surface area contributed by atoms with E-state index in [1.54, 1.807) is 7.05 Å². The summed E-state index contributed by atoms with van der Waals surface area (Å²) in [6.45, 7) is 1.99. The number of carbonyl (C=O) groups excluding carboxylic acids is 1. The number of alkyl halides is 2. The predicted octanol–water partition coefficient (Wildman–Crippen LogP) is 3.24. The molecule has 4 heterocycles. The van der Waals surface area contributed by atoms with Gasteiger partial charge in [0.2, 0.25) is 0 Å². The Labute approximate surface area is 216 Å². The van der Waals surface area contributed by atoms with Gasteiger partial charge in [0.25, 0.3) is 11.8 Å². The number of anilines is 2. The molecule has 4 N–H and O–H groups in total. The number of rotatable bonds is 7. The van der Waals surface area contributed by atoms with Gasteiger partial charge in [0, 0.05) is 38.0 Å². The molecule has 5 rings (SSSR count). The van der Waals surface area contributed by atoms with E-state index in [1.807, 2.05) is 24.0 Å². The quantitative estimate of drug-likeness (QED) is 0.426. The number of nitrogens with zero attached hydrogens (tertiary/aromatic N) is 3. The SMILES string of the molecule is CNC1CN(c2ccc3c(n2)CCC(NC(=O)c2sc4nc(C)sc4c2N)C3)CC1C(F)(F)COC. The minimum atomic E-state index is -2.92. The van der Waals surface area contributed by atoms with E-state index in [9.17, 15) is 13.6 Å². The minimum Gasteiger partial charge on any atom is -0.396 e. The second-order valence-corrected chi connectivity index (χ2v) is 11.7. The van der Waals surface area contributed by atoms with Crippen LogP contribution >= 0.6 is 22.7 Å². The zero-order chi connectivity index (χ0) is 25.6. The number of fused-ring (bicyclic) bond motifs is 2. The molecule has 12 heteroatoms. The molecule has 0 aromatic carbocycles. The molecule has 0 saturated carbocycles. The molecule has 3 aromatic rings. The Morgan fingerprint density at radius 3 is 2.83 bits per heavy atom. The van der Waals surface area contributed by atoms with Crippen LogP contribution in [0.15, 0.2) is 12.1 Å². The average Bonchev–Trinajstić information content (AvgIpc) is 3.52. The van der Waals surface area contributed by atoms with Gasteiger partial charge >= 0.3 is 0 Å². The van der Waals surface area contributed by atoms with Crippen molar-refractivity contribution in [3.8, 4) is 0 Å². The zero-order valence-electron chi connectivity index (χ0n) is 20.4. The van der Waals surface area contributed by atoms with Crippen molar-refractivity contribution in [2.45, 2.75) is 44.2 Å². The van der Waals surface area contributed by atoms with Crippen molar-refractivity contribution < 1.29 is 18.3 Å². The Bertz CT molecular complexity index is 1280. The van der Waals surface area contributed by atoms with Crippen LogP contribution in [-0.2, 0) is 17.6 Å². The molecule has 194 valence electrons. The van der Waals surface area contributed by atoms with E-state index < -0.39 is 18.4 Å². The second-order valence-electron chi connectivity index (χ2n) is 9.50. The molecule has 1 fully saturated rings. The lowest BCUT2D eigenvalue weighted by molar-refractivity contribution is -0.107. The average molecular weight is 537 g/mol. The third-order valence-corrected chi connectivity index (χ3v) is 9.31. The van der Waals surface area contributed by atoms with E-state index in [0.717, 1.165) is 32.2 Å². The first-order valence-electron chi connectivity index (χ1n) is 11.9. The van der Waals surface area contributed by atoms with Crippen LogP contribution in [0.4, 0.5) is 20.3 Å². The normalized spacial score (nSPS) is 22.2. The van der Waals surface area contributed by atoms with Gasteiger partial charge in [-0.15, -0.1) is 22.7 Å². The number of likely N-dealkylation sites (N-methyl/N-ethyl adjacent to an activating group) is 1. The number of ether oxygens (including phenoxy) is 1. The first-order valence-corrected chi connectivity index (χ1v) is 13.6. The number of thiophene rings is 1. The van der Waals surface area contributed by atoms with Crippen LogP contribution in [0.5, 0.6) is 0 Å². The fourth-order valence-electron chi connectivity index (χ4n) is 5.23. The molecule has 3 atom stereocenters. The second kappa shape index (κ2) is 9.81. The topological polar surface area (TPSA) is 105 Å². The summed E-state index contributed by atoms with van der Waals surface area (Å²) in [4.78, 5) is 25.4. The molecule has 3 unspecified atom stereocenters. The zero-order valence-corrected chi connectivity index (χ0v) is 22.1. The fraction of sp³-hybridized carbons (Fsp3) is 0.542. The van der Waals surface area contributed by atoms with Crippen molar-refractivity contribution in [1.82, 2.24) is 20.6 Å². The van der Waals surface area contributed by atoms with Crippen molar-refractivity contribution in [2.75, 3.05) is 44.5 Å². The number of thiazole rings is 1. The predicted molar refractivity (Wildman–Crippen MR) is 140 cm³/mol. The van der Waals surface area contributed by atoms with Crippen LogP contribution in [0.25, 0.3) is 9.53 Å². The van der Waals surface area contributed by atoms with Gasteiger partial charge in [-0.05, 0) is 44.9 Å². The van der Waals surface area contributed by atoms with Gasteiger partial charge < -0.3 is 26.0 Å². The van der Waals surface area contributed by atoms with Crippen LogP contribution in [0.1, 0.15) is 32.4 Å². The number of carbonyl (C=O) groups is 1. The number of nitrogens with two attached hydrogens (primary N) is 1. The number of halogens is 2. The summed E-state index contributed by atoms with van der Waals surface area (Å²) in [5.74, 6) is -3.25. The van der Waals surface area contributed by atoms with E-state index in [0.29, 0.717) is 35.8 Å². The van der Waals surface area contributed by atoms with Gasteiger partial charge in [0.1, 0.15) is 22.1 Å². The summed E-state index contributed by atoms with van der Waals surface area (Å²) in [5.41, 5.74) is 8.76. The van der Waals surface area contributed by atoms with Gasteiger partial charge in [0.05, 0.1) is 21.3 Å². The van der Waals surface area contributed by atoms with Crippen LogP contribution in [0.3, 0.4) is 0 Å². The van der Waals surface area contributed by atoms with Crippen molar-refractivity contribution in [3.63, 3.8) is 0 Å². The molecule has 0 bridgehead atoms. The first kappa shape index (κ1) is 25.2. The summed E-state index contributed by atoms with van der Waals surface area (Å²) in [6, 6.07) is 3.52. The summed E-state index contributed by atoms with van der Waals surface area (Å²) in [5, 5.41) is 7.09. The lowest BCUT2D eigenvalue weighted by Gasteiger charge is -2.27. The van der Waals surface area contributed by atoms with Crippen LogP contribution in [0, 0.1) is 12.8 Å². The van der Waals surface area contributed by atoms with E-state index in [1.165, 1.54) is 29.8 Å². The Morgan fingerprint density at radius 2 is 2.11 bits per heavy atom. The molecule has 1 aliphatic heterocycles. The third kappa shape index (κ3) is 4.67. The number of hydrogen-bond acceptors (Lipinski definition) is 9. The highest BCUT2D eigenvalue weighted by molar-refractivity contribution is 7.29. The highest BCUT2D eigenvalue weighted by atomic mass is 32.1. The smallest absolute Gasteiger partial charge is 0.276 e. The van der Waals surface area contributed by atoms with Crippen molar-refractivity contribution in [2.24, 2.45) is 5.92 Å². The fourth-order valence-corrected chi connectivity index (χ4v) is 7.32. The highest BCUT2D eigenvalue weighted by Crippen LogP contribution is 2.38. The van der Waals surface area contributed by atoms with Gasteiger partial charge in [-0.25, -0.2) is 18.7 Å². The molecule has 8 nitrogen and oxygen atoms in total. The molecule has 1 aliphatic carbocycles. The summed E-state index contributed by atoms with van der Waals surface area (Å²) >= 11 is 2.83. The van der Waals surface area contributed by atoms with Crippen molar-refractivity contribution in [3.05, 3.63) is 33.3 Å². The summed E-state index contributed by atoms with van der Waals surface area (Å²) in [7, 11) is 3.01. The molecule has 36 heavy (non-hydrogen) atoms. The number of pyridine rings is 1. The Morgan fingerprint density at radius 1 is 1.31 bits per heavy atom. The molecule has 2 aliphatic rings. The van der Waals surface area contributed by atoms with Crippen molar-refractivity contribution >= 4 is 49.6 Å². The molecule has 0 radical (unpaired) electrons. The monoisotopic (exact) mass is 536 g/mol. The van der Waals surface area contributed by atoms with Crippen LogP contribution in [-0.4, -0.2) is 67.7 Å². The van der Waals surface area contributed by atoms with Gasteiger partial charge in [-0.1, -0.05) is 6.07 Å². The first-order chi connectivity index (χ1) is 17.2. The number of amides is 1. The summed E-state index contributed by atoms with van der Waals surface area (Å²) in [6.07, 6.45) is 2.12. The number of aromatic nitrogens is 2. The molecule has 1 amide bonds. The molecular weight excluding hydrogens is 506 g/mol. The highest BCUT2D eigenvalue weighted by Gasteiger charge is 2.49. The van der Waals surface area contributed by atoms with Crippen LogP contribution in [0.2, 0.25) is 0 Å². The van der Waals surface area contributed by atoms with Gasteiger partial charge in [-0.2, -0.15) is 0 Å². The minimum absolute atomic E-state index is 0.0237. The Balaban J connectivity index is 1.26. The third-order valence-electron chi connectivity index (χ3n) is 7.08. The molecule has 3 aromatic heterocycles. The van der Waals surface area contributed by atoms with E-state index in [-0.39, 0.29) is 24.5 Å². The largest absolute Gasteiger partial charge is 0.396 e. The maximum atomic E-state index is 14.6. The van der Waals surface area contributed by atoms with E-state index >= 15 is 0 Å². The lowest BCUT2D eigenvalue weighted by Crippen LogP contribution is -2.45. The van der Waals surface area contributed by atoms with Gasteiger partial charge in [0.15, 0.2) is 0 Å². The maximum Gasteiger partial charge on any atom is 0.276 e. The van der Waals surface area contributed by atoms with E-state index in [4.69, 9.17) is 15.5 Å². The van der Waals surface area contributed by atoms with Crippen molar-refractivity contribution in [1.29, 1.82) is 0 Å². The number of hydrogen-bond donors (Lipinski definition) is 3. The van der Waals surface area contributed by atoms with E-state index in [2.05, 4.69) is 15.6 Å². The number of nitrogens with one attached hydrogen (secondary N) is 2. The van der Waals surface area contributed by atoms with Gasteiger partial charge in [-0.3, -0.25) is 4.79 Å². The summed E-state index contributed by atoms with van der Waals surface area (Å²) < 4.78 is 34.9. The lowest BCUT2D eigenvalue weighted by atomic mass is 9.91. The molecule has 0 spiro atoms. The molecular formula is C24H30F2N6O2S2. The Kier molecular flexibility index (Phi) is 6.88. The van der Waals surface area contributed by atoms with Crippen LogP contribution < -0.4 is 21.3 Å². The number of methoxy groups -OCH3 is 1. The number of nitrogen functional groups attached to an aromatic ring is 1. The standard InChI is InChI=1S/C24H30F2N6O2S2/c1-12-29-23-21(35-12)19(27)20(36-23)22(33)30-14-5-6-16-13(8-14)4-7-18(31-16)32-9-15(17(10-32)28-2)24(25,26)11-34-3/h4,7,14-15,17,28H,5-6,8-11,27H2,1-3H3,(H,30,33). The number of aryl methyl sites for hydroxylation is 2.